The zero-order chi connectivity index (χ0) is 15.4. The van der Waals surface area contributed by atoms with Gasteiger partial charge in [0.25, 0.3) is 0 Å². The third-order valence-corrected chi connectivity index (χ3v) is 3.04. The summed E-state index contributed by atoms with van der Waals surface area (Å²) >= 11 is 0. The minimum absolute atomic E-state index is 0.00507. The van der Waals surface area contributed by atoms with Gasteiger partial charge in [0.1, 0.15) is 5.75 Å². The predicted octanol–water partition coefficient (Wildman–Crippen LogP) is 3.30. The molecule has 0 radical (unpaired) electrons. The number of nitrogens with two attached hydrogens (primary N) is 1. The van der Waals surface area contributed by atoms with Crippen LogP contribution in [0.15, 0.2) is 42.5 Å². The molecule has 0 aliphatic heterocycles. The normalized spacial score (nSPS) is 12.5. The molecule has 0 fully saturated rings. The Morgan fingerprint density at radius 2 is 1.76 bits per heavy atom. The first-order valence-electron chi connectivity index (χ1n) is 6.69. The molecule has 0 amide bonds. The van der Waals surface area contributed by atoms with E-state index in [9.17, 15) is 8.78 Å². The minimum atomic E-state index is -0.907. The molecular weight excluding hydrogens is 274 g/mol. The highest BCUT2D eigenvalue weighted by Crippen LogP contribution is 2.30. The first-order valence-corrected chi connectivity index (χ1v) is 6.69. The van der Waals surface area contributed by atoms with Gasteiger partial charge in [-0.05, 0) is 37.6 Å². The van der Waals surface area contributed by atoms with Gasteiger partial charge in [-0.25, -0.2) is 14.2 Å². The first-order chi connectivity index (χ1) is 10.0. The average molecular weight is 292 g/mol. The fourth-order valence-electron chi connectivity index (χ4n) is 2.14. The van der Waals surface area contributed by atoms with E-state index >= 15 is 0 Å². The van der Waals surface area contributed by atoms with Gasteiger partial charge in [0.05, 0.1) is 12.1 Å². The molecule has 0 aliphatic carbocycles. The highest BCUT2D eigenvalue weighted by atomic mass is 19.2. The van der Waals surface area contributed by atoms with E-state index < -0.39 is 17.7 Å². The third kappa shape index (κ3) is 3.56. The van der Waals surface area contributed by atoms with Crippen molar-refractivity contribution in [2.45, 2.75) is 26.0 Å². The molecule has 0 saturated carbocycles. The van der Waals surface area contributed by atoms with Crippen molar-refractivity contribution in [2.75, 3.05) is 0 Å². The van der Waals surface area contributed by atoms with Crippen LogP contribution in [0.25, 0.3) is 0 Å². The van der Waals surface area contributed by atoms with Crippen molar-refractivity contribution >= 4 is 0 Å². The Hall–Kier alpha value is -1.98. The standard InChI is InChI=1S/C16H18F2N2O/c1-10(2)21-15-6-4-3-5-12(15)16(20-19)11-7-8-13(17)14(18)9-11/h3-10,16,20H,19H2,1-2H3. The van der Waals surface area contributed by atoms with Crippen LogP contribution in [0.2, 0.25) is 0 Å². The second-order valence-electron chi connectivity index (χ2n) is 4.98. The lowest BCUT2D eigenvalue weighted by Gasteiger charge is -2.21. The van der Waals surface area contributed by atoms with E-state index in [1.165, 1.54) is 6.07 Å². The summed E-state index contributed by atoms with van der Waals surface area (Å²) in [4.78, 5) is 0. The highest BCUT2D eigenvalue weighted by molar-refractivity contribution is 5.41. The smallest absolute Gasteiger partial charge is 0.159 e. The Bertz CT molecular complexity index is 617. The van der Waals surface area contributed by atoms with Crippen molar-refractivity contribution in [3.8, 4) is 5.75 Å². The summed E-state index contributed by atoms with van der Waals surface area (Å²) in [6, 6.07) is 10.6. The van der Waals surface area contributed by atoms with Gasteiger partial charge >= 0.3 is 0 Å². The van der Waals surface area contributed by atoms with Crippen molar-refractivity contribution in [3.05, 3.63) is 65.2 Å². The Kier molecular flexibility index (Phi) is 4.88. The summed E-state index contributed by atoms with van der Waals surface area (Å²) in [5, 5.41) is 0. The topological polar surface area (TPSA) is 47.3 Å². The fraction of sp³-hybridized carbons (Fsp3) is 0.250. The number of hydrazine groups is 1. The van der Waals surface area contributed by atoms with E-state index in [0.29, 0.717) is 11.3 Å². The number of hydrogen-bond acceptors (Lipinski definition) is 3. The van der Waals surface area contributed by atoms with Crippen LogP contribution in [0, 0.1) is 11.6 Å². The second kappa shape index (κ2) is 6.65. The number of nitrogens with one attached hydrogen (secondary N) is 1. The van der Waals surface area contributed by atoms with Crippen molar-refractivity contribution in [1.82, 2.24) is 5.43 Å². The lowest BCUT2D eigenvalue weighted by atomic mass is 9.98. The maximum atomic E-state index is 13.4. The molecular formula is C16H18F2N2O. The quantitative estimate of drug-likeness (QED) is 0.656. The predicted molar refractivity (Wildman–Crippen MR) is 77.7 cm³/mol. The SMILES string of the molecule is CC(C)Oc1ccccc1C(NN)c1ccc(F)c(F)c1. The summed E-state index contributed by atoms with van der Waals surface area (Å²) < 4.78 is 32.2. The van der Waals surface area contributed by atoms with Crippen molar-refractivity contribution in [3.63, 3.8) is 0 Å². The highest BCUT2D eigenvalue weighted by Gasteiger charge is 2.19. The van der Waals surface area contributed by atoms with Crippen molar-refractivity contribution in [1.29, 1.82) is 0 Å². The Morgan fingerprint density at radius 1 is 1.05 bits per heavy atom. The van der Waals surface area contributed by atoms with Gasteiger partial charge in [-0.3, -0.25) is 5.84 Å². The second-order valence-corrected chi connectivity index (χ2v) is 4.98. The lowest BCUT2D eigenvalue weighted by Crippen LogP contribution is -2.29. The third-order valence-electron chi connectivity index (χ3n) is 3.04. The zero-order valence-corrected chi connectivity index (χ0v) is 11.9. The minimum Gasteiger partial charge on any atom is -0.491 e. The number of para-hydroxylation sites is 1. The first kappa shape index (κ1) is 15.4. The maximum absolute atomic E-state index is 13.4. The van der Waals surface area contributed by atoms with Crippen molar-refractivity contribution < 1.29 is 13.5 Å². The molecule has 21 heavy (non-hydrogen) atoms. The van der Waals surface area contributed by atoms with Gasteiger partial charge in [0, 0.05) is 5.56 Å². The largest absolute Gasteiger partial charge is 0.491 e. The number of halogens is 2. The average Bonchev–Trinajstić information content (AvgIpc) is 2.44. The molecule has 0 aromatic heterocycles. The molecule has 0 saturated heterocycles. The summed E-state index contributed by atoms with van der Waals surface area (Å²) in [5.74, 6) is 4.46. The number of hydrogen-bond donors (Lipinski definition) is 2. The molecule has 2 aromatic carbocycles. The molecule has 0 aliphatic rings. The van der Waals surface area contributed by atoms with Crippen LogP contribution in [0.4, 0.5) is 8.78 Å². The molecule has 0 bridgehead atoms. The van der Waals surface area contributed by atoms with Crippen LogP contribution in [-0.4, -0.2) is 6.10 Å². The summed E-state index contributed by atoms with van der Waals surface area (Å²) in [6.45, 7) is 3.83. The monoisotopic (exact) mass is 292 g/mol. The van der Waals surface area contributed by atoms with Crippen LogP contribution in [-0.2, 0) is 0 Å². The maximum Gasteiger partial charge on any atom is 0.159 e. The Morgan fingerprint density at radius 3 is 2.38 bits per heavy atom. The van der Waals surface area contributed by atoms with Crippen LogP contribution >= 0.6 is 0 Å². The Balaban J connectivity index is 2.43. The summed E-state index contributed by atoms with van der Waals surface area (Å²) in [6.07, 6.45) is -0.00507. The van der Waals surface area contributed by atoms with Crippen LogP contribution in [0.5, 0.6) is 5.75 Å². The molecule has 3 nitrogen and oxygen atoms in total. The summed E-state index contributed by atoms with van der Waals surface area (Å²) in [5.41, 5.74) is 3.91. The molecule has 2 rings (SSSR count). The van der Waals surface area contributed by atoms with Crippen LogP contribution in [0.3, 0.4) is 0 Å². The number of benzene rings is 2. The molecule has 5 heteroatoms. The van der Waals surface area contributed by atoms with Gasteiger partial charge < -0.3 is 4.74 Å². The van der Waals surface area contributed by atoms with Crippen molar-refractivity contribution in [2.24, 2.45) is 5.84 Å². The van der Waals surface area contributed by atoms with E-state index in [1.807, 2.05) is 38.1 Å². The van der Waals surface area contributed by atoms with E-state index in [4.69, 9.17) is 10.6 Å². The number of rotatable bonds is 5. The van der Waals surface area contributed by atoms with Gasteiger partial charge in [-0.1, -0.05) is 24.3 Å². The molecule has 0 spiro atoms. The van der Waals surface area contributed by atoms with Gasteiger partial charge in [-0.15, -0.1) is 0 Å². The van der Waals surface area contributed by atoms with E-state index in [-0.39, 0.29) is 6.10 Å². The van der Waals surface area contributed by atoms with Crippen LogP contribution in [0.1, 0.15) is 31.0 Å². The van der Waals surface area contributed by atoms with Gasteiger partial charge in [-0.2, -0.15) is 0 Å². The van der Waals surface area contributed by atoms with E-state index in [2.05, 4.69) is 5.43 Å². The fourth-order valence-corrected chi connectivity index (χ4v) is 2.14. The zero-order valence-electron chi connectivity index (χ0n) is 11.9. The number of ether oxygens (including phenoxy) is 1. The summed E-state index contributed by atoms with van der Waals surface area (Å²) in [7, 11) is 0. The molecule has 1 unspecified atom stereocenters. The van der Waals surface area contributed by atoms with Crippen LogP contribution < -0.4 is 16.0 Å². The van der Waals surface area contributed by atoms with Gasteiger partial charge in [0.15, 0.2) is 11.6 Å². The molecule has 1 atom stereocenters. The molecule has 0 heterocycles. The van der Waals surface area contributed by atoms with E-state index in [0.717, 1.165) is 17.7 Å². The molecule has 112 valence electrons. The van der Waals surface area contributed by atoms with Gasteiger partial charge in [0.2, 0.25) is 0 Å². The van der Waals surface area contributed by atoms with E-state index in [1.54, 1.807) is 0 Å². The Labute approximate surface area is 122 Å². The molecule has 3 N–H and O–H groups in total. The molecule has 2 aromatic rings. The lowest BCUT2D eigenvalue weighted by molar-refractivity contribution is 0.238.